The molecule has 0 bridgehead atoms. The van der Waals surface area contributed by atoms with Crippen LogP contribution in [-0.4, -0.2) is 74.0 Å². The van der Waals surface area contributed by atoms with Crippen LogP contribution >= 0.6 is 0 Å². The largest absolute Gasteiger partial charge is 0.356 e. The molecule has 3 rings (SSSR count). The fourth-order valence-electron chi connectivity index (χ4n) is 5.54. The van der Waals surface area contributed by atoms with Crippen molar-refractivity contribution in [1.29, 1.82) is 0 Å². The first-order valence-electron chi connectivity index (χ1n) is 12.0. The maximum atomic E-state index is 12.6. The molecule has 166 valence electrons. The Kier molecular flexibility index (Phi) is 8.64. The molecule has 2 N–H and O–H groups in total. The van der Waals surface area contributed by atoms with E-state index >= 15 is 0 Å². The molecule has 1 aliphatic carbocycles. The summed E-state index contributed by atoms with van der Waals surface area (Å²) >= 11 is 0. The SMILES string of the molecule is CN=C(NCCCCN1CC(C)CC(C)C1)NC1CCN(C(=O)C2CCCC2)C1. The van der Waals surface area contributed by atoms with E-state index in [1.807, 2.05) is 7.05 Å². The molecular weight excluding hydrogens is 362 g/mol. The zero-order valence-corrected chi connectivity index (χ0v) is 19.0. The van der Waals surface area contributed by atoms with Crippen molar-refractivity contribution in [3.05, 3.63) is 0 Å². The molecule has 1 saturated carbocycles. The summed E-state index contributed by atoms with van der Waals surface area (Å²) in [7, 11) is 1.84. The van der Waals surface area contributed by atoms with E-state index in [4.69, 9.17) is 0 Å². The summed E-state index contributed by atoms with van der Waals surface area (Å²) in [5.74, 6) is 3.23. The van der Waals surface area contributed by atoms with Crippen molar-refractivity contribution in [2.45, 2.75) is 71.3 Å². The highest BCUT2D eigenvalue weighted by atomic mass is 16.2. The van der Waals surface area contributed by atoms with Crippen molar-refractivity contribution in [3.63, 3.8) is 0 Å². The number of amides is 1. The summed E-state index contributed by atoms with van der Waals surface area (Å²) in [4.78, 5) is 21.7. The van der Waals surface area contributed by atoms with Crippen LogP contribution in [0.15, 0.2) is 4.99 Å². The van der Waals surface area contributed by atoms with Crippen LogP contribution in [0.3, 0.4) is 0 Å². The van der Waals surface area contributed by atoms with Gasteiger partial charge in [0.05, 0.1) is 0 Å². The minimum absolute atomic E-state index is 0.289. The second-order valence-electron chi connectivity index (χ2n) is 9.81. The third kappa shape index (κ3) is 6.87. The van der Waals surface area contributed by atoms with Gasteiger partial charge in [-0.1, -0.05) is 26.7 Å². The van der Waals surface area contributed by atoms with Gasteiger partial charge in [0.15, 0.2) is 5.96 Å². The van der Waals surface area contributed by atoms with E-state index in [-0.39, 0.29) is 5.92 Å². The van der Waals surface area contributed by atoms with Gasteiger partial charge in [0.25, 0.3) is 0 Å². The lowest BCUT2D eigenvalue weighted by atomic mass is 9.92. The van der Waals surface area contributed by atoms with Gasteiger partial charge in [-0.25, -0.2) is 0 Å². The highest BCUT2D eigenvalue weighted by Gasteiger charge is 2.32. The Hall–Kier alpha value is -1.30. The Balaban J connectivity index is 1.29. The smallest absolute Gasteiger partial charge is 0.225 e. The van der Waals surface area contributed by atoms with Gasteiger partial charge in [-0.2, -0.15) is 0 Å². The van der Waals surface area contributed by atoms with Crippen LogP contribution in [0.1, 0.15) is 65.2 Å². The Morgan fingerprint density at radius 2 is 1.76 bits per heavy atom. The zero-order chi connectivity index (χ0) is 20.6. The van der Waals surface area contributed by atoms with E-state index in [2.05, 4.69) is 39.3 Å². The van der Waals surface area contributed by atoms with Crippen molar-refractivity contribution >= 4 is 11.9 Å². The molecule has 0 spiro atoms. The number of rotatable bonds is 7. The van der Waals surface area contributed by atoms with Gasteiger partial charge in [-0.15, -0.1) is 0 Å². The predicted octanol–water partition coefficient (Wildman–Crippen LogP) is 2.70. The van der Waals surface area contributed by atoms with Gasteiger partial charge in [-0.05, 0) is 56.9 Å². The van der Waals surface area contributed by atoms with Crippen LogP contribution in [0.2, 0.25) is 0 Å². The molecule has 29 heavy (non-hydrogen) atoms. The lowest BCUT2D eigenvalue weighted by Crippen LogP contribution is -2.45. The predicted molar refractivity (Wildman–Crippen MR) is 120 cm³/mol. The van der Waals surface area contributed by atoms with Gasteiger partial charge in [0.1, 0.15) is 0 Å². The third-order valence-electron chi connectivity index (χ3n) is 6.91. The molecule has 0 radical (unpaired) electrons. The molecule has 0 aromatic rings. The van der Waals surface area contributed by atoms with E-state index in [0.717, 1.165) is 63.1 Å². The lowest BCUT2D eigenvalue weighted by molar-refractivity contribution is -0.134. The molecule has 3 atom stereocenters. The van der Waals surface area contributed by atoms with Crippen molar-refractivity contribution in [1.82, 2.24) is 20.4 Å². The molecule has 3 aliphatic rings. The van der Waals surface area contributed by atoms with Gasteiger partial charge in [-0.3, -0.25) is 9.79 Å². The zero-order valence-electron chi connectivity index (χ0n) is 19.0. The van der Waals surface area contributed by atoms with Crippen molar-refractivity contribution in [3.8, 4) is 0 Å². The normalized spacial score (nSPS) is 29.4. The summed E-state index contributed by atoms with van der Waals surface area (Å²) < 4.78 is 0. The Morgan fingerprint density at radius 3 is 2.45 bits per heavy atom. The fourth-order valence-corrected chi connectivity index (χ4v) is 5.54. The van der Waals surface area contributed by atoms with Crippen LogP contribution in [0.4, 0.5) is 0 Å². The van der Waals surface area contributed by atoms with Gasteiger partial charge >= 0.3 is 0 Å². The molecule has 2 heterocycles. The lowest BCUT2D eigenvalue weighted by Gasteiger charge is -2.34. The average molecular weight is 406 g/mol. The number of hydrogen-bond donors (Lipinski definition) is 2. The molecule has 2 aliphatic heterocycles. The molecule has 3 unspecified atom stereocenters. The summed E-state index contributed by atoms with van der Waals surface area (Å²) in [6, 6.07) is 0.322. The van der Waals surface area contributed by atoms with E-state index in [9.17, 15) is 4.79 Å². The van der Waals surface area contributed by atoms with Crippen molar-refractivity contribution in [2.24, 2.45) is 22.7 Å². The Morgan fingerprint density at radius 1 is 1.03 bits per heavy atom. The highest BCUT2D eigenvalue weighted by Crippen LogP contribution is 2.27. The molecule has 0 aromatic heterocycles. The van der Waals surface area contributed by atoms with E-state index in [1.54, 1.807) is 0 Å². The molecule has 0 aromatic carbocycles. The van der Waals surface area contributed by atoms with Crippen molar-refractivity contribution < 1.29 is 4.79 Å². The third-order valence-corrected chi connectivity index (χ3v) is 6.91. The first kappa shape index (κ1) is 22.4. The van der Waals surface area contributed by atoms with Crippen LogP contribution in [0, 0.1) is 17.8 Å². The minimum atomic E-state index is 0.289. The molecule has 2 saturated heterocycles. The second-order valence-corrected chi connectivity index (χ2v) is 9.81. The number of aliphatic imine (C=N–C) groups is 1. The van der Waals surface area contributed by atoms with Gasteiger partial charge in [0, 0.05) is 51.7 Å². The van der Waals surface area contributed by atoms with Crippen LogP contribution in [0.25, 0.3) is 0 Å². The first-order valence-corrected chi connectivity index (χ1v) is 12.0. The Bertz CT molecular complexity index is 535. The van der Waals surface area contributed by atoms with Crippen LogP contribution < -0.4 is 10.6 Å². The number of unbranched alkanes of at least 4 members (excludes halogenated alkanes) is 1. The minimum Gasteiger partial charge on any atom is -0.356 e. The standard InChI is InChI=1S/C23H43N5O/c1-18-14-19(2)16-27(15-18)12-7-6-11-25-23(24-3)26-21-10-13-28(17-21)22(29)20-8-4-5-9-20/h18-21H,4-17H2,1-3H3,(H2,24,25,26). The molecule has 1 amide bonds. The van der Waals surface area contributed by atoms with E-state index in [1.165, 1.54) is 45.3 Å². The number of carbonyl (C=O) groups is 1. The summed E-state index contributed by atoms with van der Waals surface area (Å²) in [5, 5.41) is 7.00. The first-order chi connectivity index (χ1) is 14.0. The summed E-state index contributed by atoms with van der Waals surface area (Å²) in [5.41, 5.74) is 0. The van der Waals surface area contributed by atoms with E-state index in [0.29, 0.717) is 11.9 Å². The number of nitrogens with one attached hydrogen (secondary N) is 2. The molecule has 6 nitrogen and oxygen atoms in total. The number of piperidine rings is 1. The van der Waals surface area contributed by atoms with Crippen LogP contribution in [0.5, 0.6) is 0 Å². The van der Waals surface area contributed by atoms with Gasteiger partial charge in [0.2, 0.25) is 5.91 Å². The maximum Gasteiger partial charge on any atom is 0.225 e. The quantitative estimate of drug-likeness (QED) is 0.388. The van der Waals surface area contributed by atoms with Crippen LogP contribution in [-0.2, 0) is 4.79 Å². The monoisotopic (exact) mass is 405 g/mol. The molecular formula is C23H43N5O. The fraction of sp³-hybridized carbons (Fsp3) is 0.913. The van der Waals surface area contributed by atoms with Crippen molar-refractivity contribution in [2.75, 3.05) is 46.3 Å². The Labute approximate surface area is 177 Å². The highest BCUT2D eigenvalue weighted by molar-refractivity contribution is 5.81. The van der Waals surface area contributed by atoms with Gasteiger partial charge < -0.3 is 20.4 Å². The molecule has 3 fully saturated rings. The van der Waals surface area contributed by atoms with E-state index < -0.39 is 0 Å². The number of hydrogen-bond acceptors (Lipinski definition) is 3. The second kappa shape index (κ2) is 11.2. The summed E-state index contributed by atoms with van der Waals surface area (Å²) in [6.07, 6.45) is 9.41. The average Bonchev–Trinajstić information content (AvgIpc) is 3.38. The summed E-state index contributed by atoms with van der Waals surface area (Å²) in [6.45, 7) is 11.2. The molecule has 6 heteroatoms. The number of carbonyl (C=O) groups excluding carboxylic acids is 1. The number of nitrogens with zero attached hydrogens (tertiary/aromatic N) is 3. The number of guanidine groups is 1. The topological polar surface area (TPSA) is 60.0 Å². The number of likely N-dealkylation sites (tertiary alicyclic amines) is 2. The maximum absolute atomic E-state index is 12.6.